The van der Waals surface area contributed by atoms with Gasteiger partial charge in [-0.05, 0) is 30.7 Å². The third-order valence-electron chi connectivity index (χ3n) is 2.45. The van der Waals surface area contributed by atoms with Crippen LogP contribution in [0.4, 0.5) is 0 Å². The Hall–Kier alpha value is -0.760. The molecule has 13 heavy (non-hydrogen) atoms. The van der Waals surface area contributed by atoms with Gasteiger partial charge in [-0.1, -0.05) is 18.2 Å². The molecule has 0 radical (unpaired) electrons. The Morgan fingerprint density at radius 3 is 3.00 bits per heavy atom. The van der Waals surface area contributed by atoms with Crippen LogP contribution in [0.15, 0.2) is 29.2 Å². The lowest BCUT2D eigenvalue weighted by atomic mass is 9.92. The molecular weight excluding hydrogens is 180 g/mol. The molecule has 1 heterocycles. The summed E-state index contributed by atoms with van der Waals surface area (Å²) in [6.07, 6.45) is 0.997. The second-order valence-corrected chi connectivity index (χ2v) is 4.47. The van der Waals surface area contributed by atoms with Crippen molar-refractivity contribution in [2.24, 2.45) is 0 Å². The molecule has 0 saturated heterocycles. The van der Waals surface area contributed by atoms with Gasteiger partial charge in [0.1, 0.15) is 5.78 Å². The molecule has 1 aromatic carbocycles. The van der Waals surface area contributed by atoms with Gasteiger partial charge < -0.3 is 0 Å². The van der Waals surface area contributed by atoms with E-state index in [2.05, 4.69) is 12.1 Å². The summed E-state index contributed by atoms with van der Waals surface area (Å²) in [5.74, 6) is 1.52. The van der Waals surface area contributed by atoms with E-state index in [9.17, 15) is 4.79 Å². The van der Waals surface area contributed by atoms with Crippen LogP contribution in [-0.2, 0) is 4.79 Å². The van der Waals surface area contributed by atoms with Gasteiger partial charge in [-0.3, -0.25) is 4.79 Å². The SMILES string of the molecule is CC(=O)C1CCSc2ccccc21. The first-order chi connectivity index (χ1) is 6.29. The van der Waals surface area contributed by atoms with E-state index >= 15 is 0 Å². The first-order valence-electron chi connectivity index (χ1n) is 4.51. The molecule has 0 aromatic heterocycles. The fourth-order valence-electron chi connectivity index (χ4n) is 1.76. The Balaban J connectivity index is 2.42. The van der Waals surface area contributed by atoms with Crippen molar-refractivity contribution in [1.82, 2.24) is 0 Å². The number of thioether (sulfide) groups is 1. The number of hydrogen-bond donors (Lipinski definition) is 0. The Bertz CT molecular complexity index is 333. The molecule has 0 spiro atoms. The van der Waals surface area contributed by atoms with Crippen LogP contribution in [0.2, 0.25) is 0 Å². The van der Waals surface area contributed by atoms with Gasteiger partial charge in [-0.2, -0.15) is 0 Å². The maximum absolute atomic E-state index is 11.4. The summed E-state index contributed by atoms with van der Waals surface area (Å²) in [7, 11) is 0. The lowest BCUT2D eigenvalue weighted by Crippen LogP contribution is -2.14. The van der Waals surface area contributed by atoms with Gasteiger partial charge in [0.05, 0.1) is 0 Å². The van der Waals surface area contributed by atoms with Gasteiger partial charge in [-0.25, -0.2) is 0 Å². The van der Waals surface area contributed by atoms with E-state index in [0.717, 1.165) is 12.2 Å². The number of fused-ring (bicyclic) bond motifs is 1. The van der Waals surface area contributed by atoms with E-state index < -0.39 is 0 Å². The first-order valence-corrected chi connectivity index (χ1v) is 5.50. The zero-order chi connectivity index (χ0) is 9.26. The van der Waals surface area contributed by atoms with E-state index in [4.69, 9.17) is 0 Å². The molecule has 2 rings (SSSR count). The molecule has 1 aliphatic heterocycles. The van der Waals surface area contributed by atoms with E-state index in [1.165, 1.54) is 10.5 Å². The number of carbonyl (C=O) groups is 1. The van der Waals surface area contributed by atoms with E-state index in [1.54, 1.807) is 6.92 Å². The largest absolute Gasteiger partial charge is 0.299 e. The van der Waals surface area contributed by atoms with Crippen LogP contribution in [0.1, 0.15) is 24.8 Å². The summed E-state index contributed by atoms with van der Waals surface area (Å²) in [4.78, 5) is 12.6. The second kappa shape index (κ2) is 3.54. The van der Waals surface area contributed by atoms with E-state index in [0.29, 0.717) is 5.78 Å². The molecule has 0 fully saturated rings. The highest BCUT2D eigenvalue weighted by Crippen LogP contribution is 2.37. The fraction of sp³-hybridized carbons (Fsp3) is 0.364. The minimum atomic E-state index is 0.150. The Labute approximate surface area is 82.5 Å². The molecule has 0 aliphatic carbocycles. The number of rotatable bonds is 1. The molecule has 2 heteroatoms. The molecule has 1 aromatic rings. The van der Waals surface area contributed by atoms with Crippen molar-refractivity contribution < 1.29 is 4.79 Å². The van der Waals surface area contributed by atoms with Crippen LogP contribution in [0.25, 0.3) is 0 Å². The predicted molar refractivity (Wildman–Crippen MR) is 55.2 cm³/mol. The van der Waals surface area contributed by atoms with Crippen molar-refractivity contribution >= 4 is 17.5 Å². The summed E-state index contributed by atoms with van der Waals surface area (Å²) in [5.41, 5.74) is 1.23. The minimum Gasteiger partial charge on any atom is -0.299 e. The Morgan fingerprint density at radius 1 is 1.46 bits per heavy atom. The zero-order valence-corrected chi connectivity index (χ0v) is 8.43. The van der Waals surface area contributed by atoms with Crippen LogP contribution in [-0.4, -0.2) is 11.5 Å². The molecule has 1 nitrogen and oxygen atoms in total. The number of ketones is 1. The third kappa shape index (κ3) is 1.63. The maximum Gasteiger partial charge on any atom is 0.137 e. The van der Waals surface area contributed by atoms with Crippen LogP contribution in [0.3, 0.4) is 0 Å². The Morgan fingerprint density at radius 2 is 2.23 bits per heavy atom. The number of Topliss-reactive ketones (excluding diaryl/α,β-unsaturated/α-hetero) is 1. The lowest BCUT2D eigenvalue weighted by molar-refractivity contribution is -0.118. The maximum atomic E-state index is 11.4. The normalized spacial score (nSPS) is 20.8. The molecule has 0 saturated carbocycles. The van der Waals surface area contributed by atoms with Crippen molar-refractivity contribution in [3.63, 3.8) is 0 Å². The summed E-state index contributed by atoms with van der Waals surface area (Å²) < 4.78 is 0. The van der Waals surface area contributed by atoms with Crippen molar-refractivity contribution in [3.8, 4) is 0 Å². The predicted octanol–water partition coefficient (Wildman–Crippen LogP) is 2.86. The van der Waals surface area contributed by atoms with Crippen molar-refractivity contribution in [2.75, 3.05) is 5.75 Å². The van der Waals surface area contributed by atoms with Crippen LogP contribution in [0.5, 0.6) is 0 Å². The second-order valence-electron chi connectivity index (χ2n) is 3.34. The summed E-state index contributed by atoms with van der Waals surface area (Å²) >= 11 is 1.86. The molecule has 0 bridgehead atoms. The Kier molecular flexibility index (Phi) is 2.40. The topological polar surface area (TPSA) is 17.1 Å². The standard InChI is InChI=1S/C11H12OS/c1-8(12)9-6-7-13-11-5-3-2-4-10(9)11/h2-5,9H,6-7H2,1H3. The minimum absolute atomic E-state index is 0.150. The molecular formula is C11H12OS. The van der Waals surface area contributed by atoms with Gasteiger partial charge in [0, 0.05) is 10.8 Å². The number of benzene rings is 1. The van der Waals surface area contributed by atoms with Gasteiger partial charge in [0.15, 0.2) is 0 Å². The summed E-state index contributed by atoms with van der Waals surface area (Å²) in [6, 6.07) is 8.23. The smallest absolute Gasteiger partial charge is 0.137 e. The number of carbonyl (C=O) groups excluding carboxylic acids is 1. The van der Waals surface area contributed by atoms with Gasteiger partial charge in [0.25, 0.3) is 0 Å². The van der Waals surface area contributed by atoms with Crippen LogP contribution in [0, 0.1) is 0 Å². The van der Waals surface area contributed by atoms with E-state index in [-0.39, 0.29) is 5.92 Å². The van der Waals surface area contributed by atoms with Gasteiger partial charge in [0.2, 0.25) is 0 Å². The highest BCUT2D eigenvalue weighted by molar-refractivity contribution is 7.99. The first kappa shape index (κ1) is 8.82. The van der Waals surface area contributed by atoms with Crippen molar-refractivity contribution in [3.05, 3.63) is 29.8 Å². The quantitative estimate of drug-likeness (QED) is 0.680. The average Bonchev–Trinajstić information content (AvgIpc) is 2.17. The zero-order valence-electron chi connectivity index (χ0n) is 7.62. The lowest BCUT2D eigenvalue weighted by Gasteiger charge is -2.22. The van der Waals surface area contributed by atoms with E-state index in [1.807, 2.05) is 23.9 Å². The van der Waals surface area contributed by atoms with Crippen LogP contribution >= 0.6 is 11.8 Å². The molecule has 0 amide bonds. The molecule has 1 atom stereocenters. The fourth-order valence-corrected chi connectivity index (χ4v) is 2.89. The molecule has 1 aliphatic rings. The van der Waals surface area contributed by atoms with Gasteiger partial charge >= 0.3 is 0 Å². The van der Waals surface area contributed by atoms with Crippen molar-refractivity contribution in [1.29, 1.82) is 0 Å². The number of hydrogen-bond acceptors (Lipinski definition) is 2. The third-order valence-corrected chi connectivity index (χ3v) is 3.57. The monoisotopic (exact) mass is 192 g/mol. The summed E-state index contributed by atoms with van der Waals surface area (Å²) in [6.45, 7) is 1.69. The highest BCUT2D eigenvalue weighted by atomic mass is 32.2. The van der Waals surface area contributed by atoms with Crippen LogP contribution < -0.4 is 0 Å². The molecule has 68 valence electrons. The summed E-state index contributed by atoms with van der Waals surface area (Å²) in [5, 5.41) is 0. The average molecular weight is 192 g/mol. The van der Waals surface area contributed by atoms with Gasteiger partial charge in [-0.15, -0.1) is 11.8 Å². The highest BCUT2D eigenvalue weighted by Gasteiger charge is 2.23. The van der Waals surface area contributed by atoms with Crippen molar-refractivity contribution in [2.45, 2.75) is 24.2 Å². The molecule has 0 N–H and O–H groups in total. The molecule has 1 unspecified atom stereocenters.